The summed E-state index contributed by atoms with van der Waals surface area (Å²) < 4.78 is 7.99. The lowest BCUT2D eigenvalue weighted by Gasteiger charge is -2.11. The zero-order chi connectivity index (χ0) is 22.1. The molecule has 0 bridgehead atoms. The number of benzene rings is 2. The molecule has 2 aromatic heterocycles. The van der Waals surface area contributed by atoms with Crippen molar-refractivity contribution in [1.29, 1.82) is 0 Å². The molecule has 0 saturated heterocycles. The summed E-state index contributed by atoms with van der Waals surface area (Å²) in [7, 11) is 0. The molecule has 7 nitrogen and oxygen atoms in total. The Morgan fingerprint density at radius 2 is 2.06 bits per heavy atom. The van der Waals surface area contributed by atoms with E-state index in [2.05, 4.69) is 25.1 Å². The van der Waals surface area contributed by atoms with Crippen LogP contribution >= 0.6 is 23.4 Å². The Morgan fingerprint density at radius 1 is 1.22 bits per heavy atom. The van der Waals surface area contributed by atoms with E-state index in [0.29, 0.717) is 28.3 Å². The van der Waals surface area contributed by atoms with E-state index < -0.39 is 0 Å². The third-order valence-electron chi connectivity index (χ3n) is 5.01. The number of carbonyl (C=O) groups is 1. The molecule has 0 unspecified atom stereocenters. The molecular formula is C23H20ClN5O2S. The van der Waals surface area contributed by atoms with Crippen LogP contribution in [0.2, 0.25) is 5.02 Å². The van der Waals surface area contributed by atoms with Crippen LogP contribution in [-0.4, -0.2) is 25.7 Å². The second-order valence-corrected chi connectivity index (χ2v) is 8.98. The first-order valence-corrected chi connectivity index (χ1v) is 11.6. The molecule has 4 aromatic rings. The van der Waals surface area contributed by atoms with Crippen molar-refractivity contribution in [2.75, 3.05) is 5.32 Å². The van der Waals surface area contributed by atoms with Crippen LogP contribution in [0.15, 0.2) is 64.3 Å². The van der Waals surface area contributed by atoms with E-state index in [0.717, 1.165) is 40.8 Å². The second-order valence-electron chi connectivity index (χ2n) is 7.60. The molecule has 5 rings (SSSR count). The van der Waals surface area contributed by atoms with E-state index in [1.165, 1.54) is 18.7 Å². The highest BCUT2D eigenvalue weighted by molar-refractivity contribution is 7.98. The predicted octanol–water partition coefficient (Wildman–Crippen LogP) is 5.70. The summed E-state index contributed by atoms with van der Waals surface area (Å²) in [5.41, 5.74) is 2.54. The van der Waals surface area contributed by atoms with Gasteiger partial charge in [-0.1, -0.05) is 41.6 Å². The Labute approximate surface area is 194 Å². The summed E-state index contributed by atoms with van der Waals surface area (Å²) >= 11 is 7.59. The highest BCUT2D eigenvalue weighted by Crippen LogP contribution is 2.41. The SMILES string of the molecule is CC(=O)Nc1cccc(-n2c(SCc3ncc(-c4cccc(Cl)c4)o3)nnc2C2CC2)c1. The fraction of sp³-hybridized carbons (Fsp3) is 0.217. The zero-order valence-corrected chi connectivity index (χ0v) is 18.9. The predicted molar refractivity (Wildman–Crippen MR) is 124 cm³/mol. The maximum Gasteiger partial charge on any atom is 0.221 e. The molecule has 9 heteroatoms. The van der Waals surface area contributed by atoms with E-state index in [-0.39, 0.29) is 5.91 Å². The number of amides is 1. The Hall–Kier alpha value is -3.10. The number of anilines is 1. The number of aromatic nitrogens is 4. The summed E-state index contributed by atoms with van der Waals surface area (Å²) in [5.74, 6) is 3.03. The van der Waals surface area contributed by atoms with Crippen molar-refractivity contribution in [1.82, 2.24) is 19.7 Å². The molecule has 2 heterocycles. The number of oxazole rings is 1. The first kappa shape index (κ1) is 20.8. The van der Waals surface area contributed by atoms with Crippen molar-refractivity contribution in [3.05, 3.63) is 71.5 Å². The summed E-state index contributed by atoms with van der Waals surface area (Å²) in [6.45, 7) is 1.50. The molecule has 162 valence electrons. The van der Waals surface area contributed by atoms with Gasteiger partial charge in [0, 0.05) is 29.1 Å². The van der Waals surface area contributed by atoms with E-state index in [1.54, 1.807) is 6.20 Å². The minimum atomic E-state index is -0.109. The van der Waals surface area contributed by atoms with Gasteiger partial charge < -0.3 is 9.73 Å². The molecule has 0 spiro atoms. The Kier molecular flexibility index (Phi) is 5.71. The van der Waals surface area contributed by atoms with Gasteiger partial charge in [-0.25, -0.2) is 4.98 Å². The quantitative estimate of drug-likeness (QED) is 0.352. The van der Waals surface area contributed by atoms with Crippen LogP contribution in [0, 0.1) is 0 Å². The fourth-order valence-corrected chi connectivity index (χ4v) is 4.43. The molecule has 1 amide bonds. The number of halogens is 1. The van der Waals surface area contributed by atoms with Gasteiger partial charge in [-0.3, -0.25) is 9.36 Å². The van der Waals surface area contributed by atoms with Crippen LogP contribution in [-0.2, 0) is 10.5 Å². The fourth-order valence-electron chi connectivity index (χ4n) is 3.43. The molecule has 32 heavy (non-hydrogen) atoms. The zero-order valence-electron chi connectivity index (χ0n) is 17.3. The van der Waals surface area contributed by atoms with Crippen LogP contribution in [0.3, 0.4) is 0 Å². The van der Waals surface area contributed by atoms with Crippen molar-refractivity contribution in [3.63, 3.8) is 0 Å². The lowest BCUT2D eigenvalue weighted by atomic mass is 10.2. The molecule has 0 atom stereocenters. The number of hydrogen-bond donors (Lipinski definition) is 1. The van der Waals surface area contributed by atoms with Gasteiger partial charge >= 0.3 is 0 Å². The van der Waals surface area contributed by atoms with Crippen LogP contribution in [0.25, 0.3) is 17.0 Å². The van der Waals surface area contributed by atoms with Crippen molar-refractivity contribution in [2.45, 2.75) is 36.6 Å². The molecule has 1 fully saturated rings. The lowest BCUT2D eigenvalue weighted by molar-refractivity contribution is -0.114. The molecule has 0 aliphatic heterocycles. The van der Waals surface area contributed by atoms with Crippen molar-refractivity contribution in [2.24, 2.45) is 0 Å². The maximum atomic E-state index is 11.5. The molecule has 1 aliphatic carbocycles. The van der Waals surface area contributed by atoms with Gasteiger partial charge in [0.1, 0.15) is 5.82 Å². The normalized spacial score (nSPS) is 13.3. The number of thioether (sulfide) groups is 1. The molecule has 1 aliphatic rings. The van der Waals surface area contributed by atoms with Gasteiger partial charge in [0.2, 0.25) is 11.8 Å². The van der Waals surface area contributed by atoms with Gasteiger partial charge in [-0.2, -0.15) is 0 Å². The highest BCUT2D eigenvalue weighted by Gasteiger charge is 2.31. The minimum absolute atomic E-state index is 0.109. The Balaban J connectivity index is 1.39. The smallest absolute Gasteiger partial charge is 0.221 e. The first-order valence-electron chi connectivity index (χ1n) is 10.2. The Morgan fingerprint density at radius 3 is 2.84 bits per heavy atom. The number of rotatable bonds is 7. The standard InChI is InChI=1S/C23H20ClN5O2S/c1-14(30)26-18-6-3-7-19(11-18)29-22(15-8-9-15)27-28-23(29)32-13-21-25-12-20(31-21)16-4-2-5-17(24)10-16/h2-7,10-12,15H,8-9,13H2,1H3,(H,26,30). The lowest BCUT2D eigenvalue weighted by Crippen LogP contribution is -2.07. The van der Waals surface area contributed by atoms with Crippen LogP contribution < -0.4 is 5.32 Å². The van der Waals surface area contributed by atoms with Gasteiger partial charge in [0.05, 0.1) is 17.6 Å². The number of hydrogen-bond acceptors (Lipinski definition) is 6. The average molecular weight is 466 g/mol. The second kappa shape index (κ2) is 8.80. The molecular weight excluding hydrogens is 446 g/mol. The van der Waals surface area contributed by atoms with Crippen molar-refractivity contribution < 1.29 is 9.21 Å². The first-order chi connectivity index (χ1) is 15.6. The highest BCUT2D eigenvalue weighted by atomic mass is 35.5. The largest absolute Gasteiger partial charge is 0.440 e. The van der Waals surface area contributed by atoms with Crippen LogP contribution in [0.1, 0.15) is 37.4 Å². The Bertz CT molecular complexity index is 1280. The number of nitrogens with one attached hydrogen (secondary N) is 1. The summed E-state index contributed by atoms with van der Waals surface area (Å²) in [6, 6.07) is 15.2. The van der Waals surface area contributed by atoms with Crippen LogP contribution in [0.4, 0.5) is 5.69 Å². The van der Waals surface area contributed by atoms with Gasteiger partial charge in [0.15, 0.2) is 10.9 Å². The van der Waals surface area contributed by atoms with Crippen molar-refractivity contribution >= 4 is 35.0 Å². The van der Waals surface area contributed by atoms with E-state index in [9.17, 15) is 4.79 Å². The molecule has 0 radical (unpaired) electrons. The molecule has 1 saturated carbocycles. The summed E-state index contributed by atoms with van der Waals surface area (Å²) in [4.78, 5) is 15.9. The molecule has 1 N–H and O–H groups in total. The number of carbonyl (C=O) groups excluding carboxylic acids is 1. The summed E-state index contributed by atoms with van der Waals surface area (Å²) in [6.07, 6.45) is 3.92. The van der Waals surface area contributed by atoms with Gasteiger partial charge in [-0.15, -0.1) is 10.2 Å². The van der Waals surface area contributed by atoms with E-state index in [4.69, 9.17) is 16.0 Å². The summed E-state index contributed by atoms with van der Waals surface area (Å²) in [5, 5.41) is 13.1. The third kappa shape index (κ3) is 4.56. The minimum Gasteiger partial charge on any atom is -0.440 e. The third-order valence-corrected chi connectivity index (χ3v) is 6.16. The van der Waals surface area contributed by atoms with E-state index >= 15 is 0 Å². The van der Waals surface area contributed by atoms with E-state index in [1.807, 2.05) is 48.5 Å². The maximum absolute atomic E-state index is 11.5. The topological polar surface area (TPSA) is 85.8 Å². The van der Waals surface area contributed by atoms with Gasteiger partial charge in [0.25, 0.3) is 0 Å². The van der Waals surface area contributed by atoms with Crippen molar-refractivity contribution in [3.8, 4) is 17.0 Å². The van der Waals surface area contributed by atoms with Gasteiger partial charge in [-0.05, 0) is 43.2 Å². The number of nitrogens with zero attached hydrogens (tertiary/aromatic N) is 4. The van der Waals surface area contributed by atoms with Crippen LogP contribution in [0.5, 0.6) is 0 Å². The average Bonchev–Trinajstić information content (AvgIpc) is 3.35. The monoisotopic (exact) mass is 465 g/mol. The molecule has 2 aromatic carbocycles.